The number of amides is 1. The van der Waals surface area contributed by atoms with Crippen LogP contribution in [0.15, 0.2) is 47.5 Å². The van der Waals surface area contributed by atoms with Crippen LogP contribution in [-0.2, 0) is 0 Å². The molecule has 0 atom stereocenters. The summed E-state index contributed by atoms with van der Waals surface area (Å²) in [7, 11) is 0. The molecule has 2 aliphatic rings. The average Bonchev–Trinajstić information content (AvgIpc) is 3.48. The van der Waals surface area contributed by atoms with Crippen molar-refractivity contribution in [3.63, 3.8) is 0 Å². The Morgan fingerprint density at radius 2 is 1.93 bits per heavy atom. The van der Waals surface area contributed by atoms with Crippen LogP contribution in [0.25, 0.3) is 5.69 Å². The molecule has 30 heavy (non-hydrogen) atoms. The lowest BCUT2D eigenvalue weighted by molar-refractivity contribution is 0.0746. The van der Waals surface area contributed by atoms with Gasteiger partial charge in [-0.3, -0.25) is 14.6 Å². The number of halogens is 1. The highest BCUT2D eigenvalue weighted by Gasteiger charge is 2.31. The zero-order valence-electron chi connectivity index (χ0n) is 16.3. The third-order valence-electron chi connectivity index (χ3n) is 5.57. The number of aromatic amines is 1. The zero-order valence-corrected chi connectivity index (χ0v) is 16.3. The molecule has 1 aliphatic carbocycles. The lowest BCUT2D eigenvalue weighted by Gasteiger charge is -2.35. The summed E-state index contributed by atoms with van der Waals surface area (Å²) in [6.45, 7) is 2.02. The van der Waals surface area contributed by atoms with Crippen LogP contribution in [0.5, 0.6) is 0 Å². The van der Waals surface area contributed by atoms with E-state index in [2.05, 4.69) is 15.1 Å². The average molecular weight is 408 g/mol. The van der Waals surface area contributed by atoms with Crippen molar-refractivity contribution in [1.82, 2.24) is 24.6 Å². The van der Waals surface area contributed by atoms with Crippen LogP contribution in [0.2, 0.25) is 0 Å². The van der Waals surface area contributed by atoms with Gasteiger partial charge in [-0.2, -0.15) is 9.49 Å². The molecule has 5 rings (SSSR count). The Bertz CT molecular complexity index is 1130. The largest absolute Gasteiger partial charge is 0.339 e. The lowest BCUT2D eigenvalue weighted by atomic mass is 10.1. The second kappa shape index (κ2) is 7.40. The summed E-state index contributed by atoms with van der Waals surface area (Å²) in [5.74, 6) is -0.387. The van der Waals surface area contributed by atoms with E-state index in [1.807, 2.05) is 35.4 Å². The molecule has 1 aromatic carbocycles. The Morgan fingerprint density at radius 3 is 2.63 bits per heavy atom. The molecule has 0 radical (unpaired) electrons. The first-order valence-electron chi connectivity index (χ1n) is 10.0. The van der Waals surface area contributed by atoms with Crippen LogP contribution in [0, 0.1) is 5.82 Å². The number of hydrogen-bond acceptors (Lipinski definition) is 5. The number of nitrogens with one attached hydrogen (secondary N) is 1. The van der Waals surface area contributed by atoms with E-state index in [0.29, 0.717) is 37.7 Å². The summed E-state index contributed by atoms with van der Waals surface area (Å²) in [6, 6.07) is 9.18. The van der Waals surface area contributed by atoms with Crippen molar-refractivity contribution in [2.24, 2.45) is 0 Å². The second-order valence-electron chi connectivity index (χ2n) is 7.64. The highest BCUT2D eigenvalue weighted by molar-refractivity contribution is 5.95. The van der Waals surface area contributed by atoms with Crippen LogP contribution in [-0.4, -0.2) is 56.7 Å². The van der Waals surface area contributed by atoms with Crippen LogP contribution in [0.3, 0.4) is 0 Å². The topological polar surface area (TPSA) is 87.1 Å². The molecule has 2 fully saturated rings. The third kappa shape index (κ3) is 3.47. The van der Waals surface area contributed by atoms with E-state index in [1.54, 1.807) is 21.8 Å². The second-order valence-corrected chi connectivity index (χ2v) is 7.64. The molecule has 9 heteroatoms. The maximum atomic E-state index is 14.0. The van der Waals surface area contributed by atoms with Crippen molar-refractivity contribution in [3.05, 3.63) is 70.2 Å². The molecule has 0 unspecified atom stereocenters. The first-order valence-corrected chi connectivity index (χ1v) is 10.0. The van der Waals surface area contributed by atoms with E-state index >= 15 is 0 Å². The number of benzene rings is 1. The number of nitrogens with zero attached hydrogens (tertiary/aromatic N) is 5. The Hall–Kier alpha value is -3.49. The summed E-state index contributed by atoms with van der Waals surface area (Å²) in [4.78, 5) is 35.5. The maximum absolute atomic E-state index is 14.0. The van der Waals surface area contributed by atoms with Crippen LogP contribution < -0.4 is 10.5 Å². The van der Waals surface area contributed by atoms with Gasteiger partial charge in [0.05, 0.1) is 11.4 Å². The lowest BCUT2D eigenvalue weighted by Crippen LogP contribution is -2.49. The molecule has 8 nitrogen and oxygen atoms in total. The third-order valence-corrected chi connectivity index (χ3v) is 5.57. The number of piperazine rings is 1. The highest BCUT2D eigenvalue weighted by atomic mass is 19.1. The predicted molar refractivity (Wildman–Crippen MR) is 108 cm³/mol. The fraction of sp³-hybridized carbons (Fsp3) is 0.333. The summed E-state index contributed by atoms with van der Waals surface area (Å²) in [5.41, 5.74) is 0.962. The Labute approximate surface area is 172 Å². The first-order chi connectivity index (χ1) is 14.6. The summed E-state index contributed by atoms with van der Waals surface area (Å²) in [5, 5.41) is 4.20. The number of anilines is 1. The predicted octanol–water partition coefficient (Wildman–Crippen LogP) is 1.93. The number of H-pyrrole nitrogens is 1. The minimum absolute atomic E-state index is 0.0518. The van der Waals surface area contributed by atoms with Gasteiger partial charge in [-0.25, -0.2) is 9.67 Å². The molecule has 1 amide bonds. The van der Waals surface area contributed by atoms with Crippen LogP contribution >= 0.6 is 0 Å². The minimum atomic E-state index is -0.771. The molecular weight excluding hydrogens is 387 g/mol. The molecule has 1 saturated heterocycles. The van der Waals surface area contributed by atoms with Gasteiger partial charge in [0, 0.05) is 50.1 Å². The first kappa shape index (κ1) is 18.5. The smallest absolute Gasteiger partial charge is 0.288 e. The van der Waals surface area contributed by atoms with E-state index in [4.69, 9.17) is 0 Å². The highest BCUT2D eigenvalue weighted by Crippen LogP contribution is 2.39. The molecule has 1 aliphatic heterocycles. The van der Waals surface area contributed by atoms with Gasteiger partial charge in [0.15, 0.2) is 0 Å². The summed E-state index contributed by atoms with van der Waals surface area (Å²) >= 11 is 0. The molecule has 154 valence electrons. The van der Waals surface area contributed by atoms with Gasteiger partial charge in [-0.05, 0) is 37.1 Å². The number of carbonyl (C=O) groups excluding carboxylic acids is 1. The number of hydrogen-bond donors (Lipinski definition) is 1. The van der Waals surface area contributed by atoms with Gasteiger partial charge in [0.25, 0.3) is 11.5 Å². The molecular formula is C21H21FN6O2. The van der Waals surface area contributed by atoms with Gasteiger partial charge in [-0.15, -0.1) is 0 Å². The van der Waals surface area contributed by atoms with Gasteiger partial charge < -0.3 is 9.80 Å². The SMILES string of the molecule is O=C(c1cccc(-n2cccn2)c1)N1CCN(c2nc(C3CC3)c(F)c(=O)[nH]2)CC1. The molecule has 0 spiro atoms. The van der Waals surface area contributed by atoms with Crippen molar-refractivity contribution in [2.45, 2.75) is 18.8 Å². The molecule has 2 aromatic heterocycles. The number of carbonyl (C=O) groups is 1. The Morgan fingerprint density at radius 1 is 1.13 bits per heavy atom. The van der Waals surface area contributed by atoms with Gasteiger partial charge in [0.1, 0.15) is 0 Å². The zero-order chi connectivity index (χ0) is 20.7. The van der Waals surface area contributed by atoms with Crippen molar-refractivity contribution in [2.75, 3.05) is 31.1 Å². The molecule has 3 heterocycles. The monoisotopic (exact) mass is 408 g/mol. The van der Waals surface area contributed by atoms with Crippen molar-refractivity contribution in [1.29, 1.82) is 0 Å². The Kier molecular flexibility index (Phi) is 4.57. The normalized spacial score (nSPS) is 16.7. The van der Waals surface area contributed by atoms with Crippen molar-refractivity contribution < 1.29 is 9.18 Å². The number of rotatable bonds is 4. The summed E-state index contributed by atoms with van der Waals surface area (Å²) < 4.78 is 15.8. The van der Waals surface area contributed by atoms with Gasteiger partial charge in [0.2, 0.25) is 11.8 Å². The van der Waals surface area contributed by atoms with Crippen LogP contribution in [0.1, 0.15) is 34.8 Å². The minimum Gasteiger partial charge on any atom is -0.339 e. The fourth-order valence-corrected chi connectivity index (χ4v) is 3.75. The van der Waals surface area contributed by atoms with E-state index in [-0.39, 0.29) is 17.5 Å². The Balaban J connectivity index is 1.29. The maximum Gasteiger partial charge on any atom is 0.288 e. The molecule has 1 saturated carbocycles. The standard InChI is InChI=1S/C21H21FN6O2/c22-17-18(14-5-6-14)24-21(25-19(17)29)27-11-9-26(10-12-27)20(30)15-3-1-4-16(13-15)28-8-2-7-23-28/h1-4,7-8,13-14H,5-6,9-12H2,(H,24,25,29). The van der Waals surface area contributed by atoms with Crippen molar-refractivity contribution in [3.8, 4) is 5.69 Å². The number of aromatic nitrogens is 4. The van der Waals surface area contributed by atoms with Crippen molar-refractivity contribution >= 4 is 11.9 Å². The molecule has 0 bridgehead atoms. The van der Waals surface area contributed by atoms with E-state index in [1.165, 1.54) is 0 Å². The quantitative estimate of drug-likeness (QED) is 0.713. The van der Waals surface area contributed by atoms with E-state index in [0.717, 1.165) is 18.5 Å². The summed E-state index contributed by atoms with van der Waals surface area (Å²) in [6.07, 6.45) is 5.25. The van der Waals surface area contributed by atoms with Gasteiger partial charge >= 0.3 is 0 Å². The van der Waals surface area contributed by atoms with E-state index < -0.39 is 11.4 Å². The molecule has 3 aromatic rings. The molecule has 1 N–H and O–H groups in total. The fourth-order valence-electron chi connectivity index (χ4n) is 3.75. The van der Waals surface area contributed by atoms with Gasteiger partial charge in [-0.1, -0.05) is 6.07 Å². The van der Waals surface area contributed by atoms with Crippen LogP contribution in [0.4, 0.5) is 10.3 Å². The van der Waals surface area contributed by atoms with E-state index in [9.17, 15) is 14.0 Å².